The van der Waals surface area contributed by atoms with Gasteiger partial charge in [-0.3, -0.25) is 0 Å². The second-order valence-corrected chi connectivity index (χ2v) is 8.66. The van der Waals surface area contributed by atoms with Gasteiger partial charge in [0.2, 0.25) is 5.06 Å². The van der Waals surface area contributed by atoms with Gasteiger partial charge in [0.25, 0.3) is 0 Å². The van der Waals surface area contributed by atoms with Crippen molar-refractivity contribution in [2.24, 2.45) is 17.6 Å². The predicted molar refractivity (Wildman–Crippen MR) is 121 cm³/mol. The topological polar surface area (TPSA) is 160 Å². The molecular weight excluding hydrogens is 430 g/mol. The zero-order valence-electron chi connectivity index (χ0n) is 16.8. The number of thiophene rings is 1. The Balaban J connectivity index is 1.71. The summed E-state index contributed by atoms with van der Waals surface area (Å²) in [4.78, 5) is 16.4. The molecule has 9 nitrogen and oxygen atoms in total. The van der Waals surface area contributed by atoms with Crippen LogP contribution in [0.5, 0.6) is 5.06 Å². The van der Waals surface area contributed by atoms with Crippen LogP contribution in [0.1, 0.15) is 12.0 Å². The van der Waals surface area contributed by atoms with Crippen molar-refractivity contribution < 1.29 is 19.1 Å². The van der Waals surface area contributed by atoms with E-state index in [0.717, 1.165) is 23.1 Å². The van der Waals surface area contributed by atoms with Crippen molar-refractivity contribution in [2.45, 2.75) is 6.42 Å². The van der Waals surface area contributed by atoms with Gasteiger partial charge in [0, 0.05) is 18.5 Å². The third-order valence-corrected chi connectivity index (χ3v) is 6.63. The molecule has 5 rings (SSSR count). The van der Waals surface area contributed by atoms with Crippen molar-refractivity contribution in [3.63, 3.8) is 0 Å². The number of carbonyl (C=O) groups is 1. The van der Waals surface area contributed by atoms with E-state index < -0.39 is 6.09 Å². The minimum Gasteiger partial charge on any atom is -0.456 e. The third-order valence-electron chi connectivity index (χ3n) is 5.65. The maximum Gasteiger partial charge on any atom is 0.410 e. The van der Waals surface area contributed by atoms with Crippen molar-refractivity contribution in [2.75, 3.05) is 24.2 Å². The van der Waals surface area contributed by atoms with Crippen LogP contribution in [0.25, 0.3) is 32.5 Å². The number of benzene rings is 1. The summed E-state index contributed by atoms with van der Waals surface area (Å²) in [5, 5.41) is 24.1. The van der Waals surface area contributed by atoms with Gasteiger partial charge in [0.1, 0.15) is 33.6 Å². The van der Waals surface area contributed by atoms with Crippen LogP contribution in [0.2, 0.25) is 0 Å². The summed E-state index contributed by atoms with van der Waals surface area (Å²) in [5.41, 5.74) is 13.1. The number of nitrogens with zero attached hydrogens (tertiary/aromatic N) is 2. The summed E-state index contributed by atoms with van der Waals surface area (Å²) >= 11 is 1.07. The molecule has 0 radical (unpaired) electrons. The average Bonchev–Trinajstić information content (AvgIpc) is 3.30. The summed E-state index contributed by atoms with van der Waals surface area (Å²) in [5.74, 6) is 1.42. The molecule has 1 fully saturated rings. The highest BCUT2D eigenvalue weighted by molar-refractivity contribution is 7.21. The summed E-state index contributed by atoms with van der Waals surface area (Å²) in [6, 6.07) is 11.6. The number of fused-ring (bicyclic) bond motifs is 2. The number of amides is 1. The monoisotopic (exact) mass is 449 g/mol. The summed E-state index contributed by atoms with van der Waals surface area (Å²) in [7, 11) is 0. The first-order chi connectivity index (χ1) is 15.5. The number of anilines is 2. The zero-order chi connectivity index (χ0) is 22.4. The van der Waals surface area contributed by atoms with E-state index in [2.05, 4.69) is 16.4 Å². The van der Waals surface area contributed by atoms with Crippen LogP contribution in [-0.2, 0) is 0 Å². The first-order valence-corrected chi connectivity index (χ1v) is 10.8. The molecule has 10 heteroatoms. The Morgan fingerprint density at radius 2 is 2.22 bits per heavy atom. The number of nitrogens with two attached hydrogens (primary N) is 2. The molecule has 162 valence electrons. The SMILES string of the molecule is N#Cc1c(NC[C@@H]2C[C@@H]2CO)nc2sc(OC(N)=O)c(N)c2c1-c1cc2ccccc2o1. The molecule has 0 bridgehead atoms. The summed E-state index contributed by atoms with van der Waals surface area (Å²) < 4.78 is 11.1. The minimum atomic E-state index is -0.990. The van der Waals surface area contributed by atoms with Crippen molar-refractivity contribution in [3.05, 3.63) is 35.9 Å². The number of hydrogen-bond acceptors (Lipinski definition) is 9. The molecule has 4 aromatic rings. The van der Waals surface area contributed by atoms with Crippen LogP contribution in [0.4, 0.5) is 16.3 Å². The van der Waals surface area contributed by atoms with Gasteiger partial charge in [-0.05, 0) is 30.4 Å². The minimum absolute atomic E-state index is 0.112. The lowest BCUT2D eigenvalue weighted by atomic mass is 10.0. The van der Waals surface area contributed by atoms with Gasteiger partial charge in [-0.2, -0.15) is 5.26 Å². The number of rotatable bonds is 6. The fourth-order valence-electron chi connectivity index (χ4n) is 3.90. The standard InChI is InChI=1S/C22H19N5O4S/c23-7-13-16(15-6-10-3-1-2-4-14(10)30-15)17-18(24)21(31-22(25)29)32-20(17)27-19(13)26-8-11-5-12(11)9-28/h1-4,6,11-12,28H,5,8-9,24H2,(H2,25,29)(H,26,27)/t11-,12+/m0/s1. The highest BCUT2D eigenvalue weighted by Gasteiger charge is 2.36. The number of aromatic nitrogens is 1. The van der Waals surface area contributed by atoms with Gasteiger partial charge in [0.05, 0.1) is 16.6 Å². The molecule has 2 atom stereocenters. The van der Waals surface area contributed by atoms with E-state index >= 15 is 0 Å². The molecule has 3 heterocycles. The number of aliphatic hydroxyl groups is 1. The number of nitrogens with one attached hydrogen (secondary N) is 1. The largest absolute Gasteiger partial charge is 0.456 e. The lowest BCUT2D eigenvalue weighted by molar-refractivity contribution is 0.212. The fourth-order valence-corrected chi connectivity index (χ4v) is 4.86. The number of pyridine rings is 1. The predicted octanol–water partition coefficient (Wildman–Crippen LogP) is 3.66. The van der Waals surface area contributed by atoms with E-state index in [-0.39, 0.29) is 28.8 Å². The quantitative estimate of drug-likeness (QED) is 0.347. The van der Waals surface area contributed by atoms with E-state index in [0.29, 0.717) is 45.4 Å². The Labute approximate surface area is 186 Å². The average molecular weight is 449 g/mol. The molecule has 1 aromatic carbocycles. The number of primary amides is 1. The van der Waals surface area contributed by atoms with Crippen LogP contribution >= 0.6 is 11.3 Å². The third kappa shape index (κ3) is 3.37. The second-order valence-electron chi connectivity index (χ2n) is 7.69. The number of hydrogen-bond donors (Lipinski definition) is 4. The molecule has 0 unspecified atom stereocenters. The van der Waals surface area contributed by atoms with Crippen LogP contribution in [-0.4, -0.2) is 29.3 Å². The fraction of sp³-hybridized carbons (Fsp3) is 0.227. The maximum atomic E-state index is 11.3. The van der Waals surface area contributed by atoms with Gasteiger partial charge < -0.3 is 31.0 Å². The molecule has 1 amide bonds. The van der Waals surface area contributed by atoms with Crippen LogP contribution < -0.4 is 21.5 Å². The zero-order valence-corrected chi connectivity index (χ0v) is 17.6. The highest BCUT2D eigenvalue weighted by Crippen LogP contribution is 2.48. The second kappa shape index (κ2) is 7.71. The van der Waals surface area contributed by atoms with Crippen LogP contribution in [0.3, 0.4) is 0 Å². The Morgan fingerprint density at radius 1 is 1.41 bits per heavy atom. The lowest BCUT2D eigenvalue weighted by Gasteiger charge is -2.11. The molecule has 3 aromatic heterocycles. The van der Waals surface area contributed by atoms with Gasteiger partial charge in [-0.15, -0.1) is 0 Å². The lowest BCUT2D eigenvalue weighted by Crippen LogP contribution is -2.16. The summed E-state index contributed by atoms with van der Waals surface area (Å²) in [6.07, 6.45) is -0.0664. The molecule has 1 saturated carbocycles. The Bertz CT molecular complexity index is 1370. The molecule has 0 saturated heterocycles. The number of carbonyl (C=O) groups excluding carboxylic acids is 1. The van der Waals surface area contributed by atoms with Crippen molar-refractivity contribution in [1.29, 1.82) is 5.26 Å². The first-order valence-electron chi connectivity index (χ1n) is 9.97. The van der Waals surface area contributed by atoms with E-state index in [1.165, 1.54) is 0 Å². The van der Waals surface area contributed by atoms with Crippen molar-refractivity contribution >= 4 is 50.1 Å². The van der Waals surface area contributed by atoms with Gasteiger partial charge >= 0.3 is 6.09 Å². The number of ether oxygens (including phenoxy) is 1. The number of nitriles is 1. The maximum absolute atomic E-state index is 11.3. The van der Waals surface area contributed by atoms with Crippen LogP contribution in [0.15, 0.2) is 34.7 Å². The Hall–Kier alpha value is -3.81. The number of nitrogen functional groups attached to an aromatic ring is 1. The molecule has 1 aliphatic rings. The summed E-state index contributed by atoms with van der Waals surface area (Å²) in [6.45, 7) is 0.715. The van der Waals surface area contributed by atoms with Gasteiger partial charge in [0.15, 0.2) is 0 Å². The molecular formula is C22H19N5O4S. The van der Waals surface area contributed by atoms with E-state index in [1.54, 1.807) is 0 Å². The van der Waals surface area contributed by atoms with E-state index in [9.17, 15) is 15.2 Å². The Morgan fingerprint density at radius 3 is 2.91 bits per heavy atom. The number of furan rings is 1. The van der Waals surface area contributed by atoms with Crippen LogP contribution in [0, 0.1) is 23.2 Å². The van der Waals surface area contributed by atoms with Crippen molar-refractivity contribution in [1.82, 2.24) is 4.98 Å². The smallest absolute Gasteiger partial charge is 0.410 e. The first kappa shape index (κ1) is 20.1. The van der Waals surface area contributed by atoms with Gasteiger partial charge in [-0.1, -0.05) is 29.5 Å². The molecule has 0 aliphatic heterocycles. The number of para-hydroxylation sites is 1. The number of aliphatic hydroxyl groups excluding tert-OH is 1. The normalized spacial score (nSPS) is 17.4. The van der Waals surface area contributed by atoms with Gasteiger partial charge in [-0.25, -0.2) is 9.78 Å². The molecule has 32 heavy (non-hydrogen) atoms. The molecule has 6 N–H and O–H groups in total. The van der Waals surface area contributed by atoms with E-state index in [4.69, 9.17) is 20.6 Å². The molecule has 1 aliphatic carbocycles. The Kier molecular flexibility index (Phi) is 4.84. The highest BCUT2D eigenvalue weighted by atomic mass is 32.1. The van der Waals surface area contributed by atoms with E-state index in [1.807, 2.05) is 30.3 Å². The van der Waals surface area contributed by atoms with Crippen molar-refractivity contribution in [3.8, 4) is 22.5 Å². The molecule has 0 spiro atoms.